The number of amides is 1. The van der Waals surface area contributed by atoms with E-state index in [4.69, 9.17) is 4.52 Å². The number of nitrogens with zero attached hydrogens (tertiary/aromatic N) is 4. The van der Waals surface area contributed by atoms with E-state index >= 15 is 0 Å². The normalized spacial score (nSPS) is 10.7. The number of nitro benzene ring substituents is 1. The molecule has 4 aromatic rings. The number of hydrogen-bond donors (Lipinski definition) is 0. The van der Waals surface area contributed by atoms with Crippen molar-refractivity contribution >= 4 is 11.6 Å². The Hall–Kier alpha value is -4.33. The van der Waals surface area contributed by atoms with E-state index in [0.717, 1.165) is 12.0 Å². The summed E-state index contributed by atoms with van der Waals surface area (Å²) >= 11 is 0. The summed E-state index contributed by atoms with van der Waals surface area (Å²) in [6.45, 7) is 1.03. The molecule has 178 valence electrons. The minimum atomic E-state index is -0.462. The Labute approximate surface area is 203 Å². The minimum Gasteiger partial charge on any atom is -0.342 e. The number of rotatable bonds is 11. The zero-order valence-electron chi connectivity index (χ0n) is 19.2. The number of aryl methyl sites for hydroxylation is 1. The van der Waals surface area contributed by atoms with Crippen molar-refractivity contribution < 1.29 is 14.2 Å². The van der Waals surface area contributed by atoms with Crippen LogP contribution in [0.15, 0.2) is 89.5 Å². The average molecular weight is 471 g/mol. The van der Waals surface area contributed by atoms with E-state index < -0.39 is 4.92 Å². The van der Waals surface area contributed by atoms with Gasteiger partial charge in [0.25, 0.3) is 5.69 Å². The molecule has 4 rings (SSSR count). The van der Waals surface area contributed by atoms with Crippen molar-refractivity contribution in [2.45, 2.75) is 25.7 Å². The highest BCUT2D eigenvalue weighted by Gasteiger charge is 2.17. The topological polar surface area (TPSA) is 102 Å². The van der Waals surface area contributed by atoms with Gasteiger partial charge in [-0.15, -0.1) is 0 Å². The maximum absolute atomic E-state index is 13.1. The van der Waals surface area contributed by atoms with E-state index in [9.17, 15) is 14.9 Å². The lowest BCUT2D eigenvalue weighted by Gasteiger charge is -2.22. The Morgan fingerprint density at radius 1 is 0.857 bits per heavy atom. The van der Waals surface area contributed by atoms with E-state index in [0.29, 0.717) is 43.8 Å². The highest BCUT2D eigenvalue weighted by molar-refractivity contribution is 5.76. The fourth-order valence-electron chi connectivity index (χ4n) is 3.79. The lowest BCUT2D eigenvalue weighted by molar-refractivity contribution is -0.384. The van der Waals surface area contributed by atoms with Gasteiger partial charge in [0.1, 0.15) is 0 Å². The molecule has 0 bridgehead atoms. The number of hydrogen-bond acceptors (Lipinski definition) is 6. The molecule has 0 radical (unpaired) electrons. The van der Waals surface area contributed by atoms with Crippen molar-refractivity contribution in [3.63, 3.8) is 0 Å². The predicted molar refractivity (Wildman–Crippen MR) is 132 cm³/mol. The van der Waals surface area contributed by atoms with Gasteiger partial charge in [0.15, 0.2) is 0 Å². The summed E-state index contributed by atoms with van der Waals surface area (Å²) in [5.74, 6) is 0.741. The summed E-state index contributed by atoms with van der Waals surface area (Å²) in [6, 6.07) is 26.1. The number of benzene rings is 3. The van der Waals surface area contributed by atoms with Crippen molar-refractivity contribution in [2.75, 3.05) is 13.1 Å². The van der Waals surface area contributed by atoms with Crippen LogP contribution in [0.4, 0.5) is 5.69 Å². The van der Waals surface area contributed by atoms with Gasteiger partial charge in [-0.05, 0) is 24.0 Å². The van der Waals surface area contributed by atoms with Crippen LogP contribution in [0.1, 0.15) is 23.4 Å². The molecule has 0 saturated carbocycles. The summed E-state index contributed by atoms with van der Waals surface area (Å²) in [5.41, 5.74) is 2.76. The lowest BCUT2D eigenvalue weighted by Crippen LogP contribution is -2.35. The monoisotopic (exact) mass is 470 g/mol. The Morgan fingerprint density at radius 2 is 1.51 bits per heavy atom. The van der Waals surface area contributed by atoms with Crippen LogP contribution in [0, 0.1) is 10.1 Å². The molecule has 0 saturated heterocycles. The van der Waals surface area contributed by atoms with Crippen LogP contribution in [0.2, 0.25) is 0 Å². The molecule has 1 aromatic heterocycles. The van der Waals surface area contributed by atoms with Gasteiger partial charge in [-0.25, -0.2) is 0 Å². The van der Waals surface area contributed by atoms with Crippen LogP contribution in [0.5, 0.6) is 0 Å². The zero-order chi connectivity index (χ0) is 24.5. The van der Waals surface area contributed by atoms with Gasteiger partial charge in [-0.1, -0.05) is 78.0 Å². The number of carbonyl (C=O) groups excluding carboxylic acids is 1. The Balaban J connectivity index is 1.41. The summed E-state index contributed by atoms with van der Waals surface area (Å²) in [4.78, 5) is 29.9. The van der Waals surface area contributed by atoms with Gasteiger partial charge in [0.2, 0.25) is 17.6 Å². The van der Waals surface area contributed by atoms with Crippen molar-refractivity contribution in [2.24, 2.45) is 0 Å². The molecule has 0 fully saturated rings. The van der Waals surface area contributed by atoms with Gasteiger partial charge in [-0.2, -0.15) is 4.98 Å². The number of nitro groups is 1. The molecule has 3 aromatic carbocycles. The lowest BCUT2D eigenvalue weighted by atomic mass is 10.1. The third-order valence-electron chi connectivity index (χ3n) is 5.72. The summed E-state index contributed by atoms with van der Waals surface area (Å²) in [5, 5.41) is 15.0. The van der Waals surface area contributed by atoms with E-state index in [1.54, 1.807) is 12.1 Å². The minimum absolute atomic E-state index is 0.0371. The maximum atomic E-state index is 13.1. The zero-order valence-corrected chi connectivity index (χ0v) is 19.2. The van der Waals surface area contributed by atoms with Crippen LogP contribution in [-0.4, -0.2) is 39.0 Å². The smallest absolute Gasteiger partial charge is 0.270 e. The van der Waals surface area contributed by atoms with Crippen LogP contribution in [-0.2, 0) is 24.1 Å². The van der Waals surface area contributed by atoms with Crippen LogP contribution < -0.4 is 0 Å². The summed E-state index contributed by atoms with van der Waals surface area (Å²) in [6.07, 6.45) is 2.25. The molecular weight excluding hydrogens is 444 g/mol. The second-order valence-corrected chi connectivity index (χ2v) is 8.17. The molecule has 0 unspecified atom stereocenters. The number of aromatic nitrogens is 2. The van der Waals surface area contributed by atoms with Crippen molar-refractivity contribution in [1.29, 1.82) is 0 Å². The summed E-state index contributed by atoms with van der Waals surface area (Å²) in [7, 11) is 0. The van der Waals surface area contributed by atoms with Gasteiger partial charge < -0.3 is 9.42 Å². The molecule has 1 amide bonds. The molecule has 8 heteroatoms. The van der Waals surface area contributed by atoms with Gasteiger partial charge in [0, 0.05) is 43.6 Å². The van der Waals surface area contributed by atoms with Crippen LogP contribution in [0.25, 0.3) is 11.4 Å². The quantitative estimate of drug-likeness (QED) is 0.228. The fourth-order valence-corrected chi connectivity index (χ4v) is 3.79. The number of non-ortho nitro benzene ring substituents is 1. The van der Waals surface area contributed by atoms with Gasteiger partial charge in [-0.3, -0.25) is 14.9 Å². The average Bonchev–Trinajstić information content (AvgIpc) is 3.38. The van der Waals surface area contributed by atoms with Gasteiger partial charge >= 0.3 is 0 Å². The molecule has 8 nitrogen and oxygen atoms in total. The Kier molecular flexibility index (Phi) is 7.96. The first kappa shape index (κ1) is 23.8. The SMILES string of the molecule is O=C(CCc1ccccc1)N(CCc1ccccc1)CCc1nc(-c2cccc([N+](=O)[O-])c2)no1. The molecule has 0 atom stereocenters. The molecule has 0 aliphatic carbocycles. The van der Waals surface area contributed by atoms with E-state index in [1.165, 1.54) is 17.7 Å². The third kappa shape index (κ3) is 6.83. The van der Waals surface area contributed by atoms with Crippen molar-refractivity contribution in [3.8, 4) is 11.4 Å². The van der Waals surface area contributed by atoms with E-state index in [-0.39, 0.29) is 17.4 Å². The molecular formula is C27H26N4O4. The molecule has 0 aliphatic rings. The molecule has 35 heavy (non-hydrogen) atoms. The highest BCUT2D eigenvalue weighted by Crippen LogP contribution is 2.21. The van der Waals surface area contributed by atoms with Crippen molar-refractivity contribution in [3.05, 3.63) is 112 Å². The number of carbonyl (C=O) groups is 1. The molecule has 1 heterocycles. The largest absolute Gasteiger partial charge is 0.342 e. The highest BCUT2D eigenvalue weighted by atomic mass is 16.6. The van der Waals surface area contributed by atoms with Crippen molar-refractivity contribution in [1.82, 2.24) is 15.0 Å². The van der Waals surface area contributed by atoms with Gasteiger partial charge in [0.05, 0.1) is 4.92 Å². The standard InChI is InChI=1S/C27H26N4O4/c32-26(15-14-21-8-3-1-4-9-21)30(18-16-22-10-5-2-6-11-22)19-17-25-28-27(29-35-25)23-12-7-13-24(20-23)31(33)34/h1-13,20H,14-19H2. The molecule has 0 aliphatic heterocycles. The Bertz CT molecular complexity index is 1260. The fraction of sp³-hybridized carbons (Fsp3) is 0.222. The maximum Gasteiger partial charge on any atom is 0.270 e. The van der Waals surface area contributed by atoms with Crippen LogP contribution >= 0.6 is 0 Å². The van der Waals surface area contributed by atoms with E-state index in [1.807, 2.05) is 53.4 Å². The first-order valence-corrected chi connectivity index (χ1v) is 11.5. The molecule has 0 spiro atoms. The second-order valence-electron chi connectivity index (χ2n) is 8.17. The van der Waals surface area contributed by atoms with Crippen LogP contribution in [0.3, 0.4) is 0 Å². The first-order chi connectivity index (χ1) is 17.1. The summed E-state index contributed by atoms with van der Waals surface area (Å²) < 4.78 is 5.37. The first-order valence-electron chi connectivity index (χ1n) is 11.5. The second kappa shape index (κ2) is 11.7. The van der Waals surface area contributed by atoms with E-state index in [2.05, 4.69) is 22.3 Å². The molecule has 0 N–H and O–H groups in total. The Morgan fingerprint density at radius 3 is 2.20 bits per heavy atom. The third-order valence-corrected chi connectivity index (χ3v) is 5.72. The predicted octanol–water partition coefficient (Wildman–Crippen LogP) is 4.89.